The van der Waals surface area contributed by atoms with Crippen LogP contribution in [0.4, 0.5) is 5.69 Å². The van der Waals surface area contributed by atoms with E-state index in [4.69, 9.17) is 9.47 Å². The largest absolute Gasteiger partial charge is 0.492 e. The second kappa shape index (κ2) is 10.3. The highest BCUT2D eigenvalue weighted by molar-refractivity contribution is 7.90. The molecule has 0 bridgehead atoms. The molecule has 1 aromatic heterocycles. The van der Waals surface area contributed by atoms with E-state index < -0.39 is 28.8 Å². The van der Waals surface area contributed by atoms with E-state index in [-0.39, 0.29) is 18.0 Å². The third-order valence-electron chi connectivity index (χ3n) is 6.83. The van der Waals surface area contributed by atoms with E-state index in [0.717, 1.165) is 32.7 Å². The van der Waals surface area contributed by atoms with Gasteiger partial charge >= 0.3 is 16.2 Å². The van der Waals surface area contributed by atoms with Crippen LogP contribution in [-0.4, -0.2) is 69.1 Å². The molecule has 1 aliphatic carbocycles. The van der Waals surface area contributed by atoms with Gasteiger partial charge in [0.25, 0.3) is 0 Å². The molecule has 5 rings (SSSR count). The number of anilines is 1. The maximum absolute atomic E-state index is 12.7. The van der Waals surface area contributed by atoms with Crippen molar-refractivity contribution in [1.82, 2.24) is 14.6 Å². The molecule has 3 aromatic rings. The SMILES string of the molecule is CN(C)S(=O)(=O)N1CC(=O)Oc2ccc(C(O)CNCCOc3ccc4c5c([nH]c4c3)CCCC5)cc21. The maximum atomic E-state index is 12.7. The minimum absolute atomic E-state index is 0.138. The molecule has 2 heterocycles. The number of aliphatic hydroxyl groups is 1. The minimum Gasteiger partial charge on any atom is -0.492 e. The van der Waals surface area contributed by atoms with Gasteiger partial charge in [-0.1, -0.05) is 6.07 Å². The van der Waals surface area contributed by atoms with Crippen LogP contribution in [0.3, 0.4) is 0 Å². The fourth-order valence-corrected chi connectivity index (χ4v) is 5.92. The van der Waals surface area contributed by atoms with E-state index >= 15 is 0 Å². The number of nitrogens with zero attached hydrogens (tertiary/aromatic N) is 2. The van der Waals surface area contributed by atoms with Crippen LogP contribution in [0.2, 0.25) is 0 Å². The molecule has 11 heteroatoms. The van der Waals surface area contributed by atoms with Crippen LogP contribution in [0.15, 0.2) is 36.4 Å². The summed E-state index contributed by atoms with van der Waals surface area (Å²) in [6.07, 6.45) is 3.80. The third kappa shape index (κ3) is 5.17. The number of hydrogen-bond donors (Lipinski definition) is 3. The zero-order valence-electron chi connectivity index (χ0n) is 21.0. The molecular weight excluding hydrogens is 496 g/mol. The van der Waals surface area contributed by atoms with Gasteiger partial charge in [0.1, 0.15) is 18.9 Å². The Morgan fingerprint density at radius 2 is 2.00 bits per heavy atom. The number of benzene rings is 2. The van der Waals surface area contributed by atoms with Crippen molar-refractivity contribution in [2.45, 2.75) is 31.8 Å². The Morgan fingerprint density at radius 3 is 2.81 bits per heavy atom. The second-order valence-electron chi connectivity index (χ2n) is 9.56. The molecule has 2 aliphatic rings. The topological polar surface area (TPSA) is 124 Å². The fourth-order valence-electron chi connectivity index (χ4n) is 4.86. The van der Waals surface area contributed by atoms with Gasteiger partial charge in [-0.15, -0.1) is 0 Å². The van der Waals surface area contributed by atoms with Gasteiger partial charge in [0, 0.05) is 49.8 Å². The summed E-state index contributed by atoms with van der Waals surface area (Å²) in [4.78, 5) is 15.5. The molecule has 10 nitrogen and oxygen atoms in total. The van der Waals surface area contributed by atoms with Gasteiger partial charge in [0.15, 0.2) is 5.75 Å². The van der Waals surface area contributed by atoms with Gasteiger partial charge in [0.05, 0.1) is 11.8 Å². The number of fused-ring (bicyclic) bond motifs is 4. The minimum atomic E-state index is -3.90. The molecule has 0 spiro atoms. The van der Waals surface area contributed by atoms with E-state index in [0.29, 0.717) is 18.7 Å². The summed E-state index contributed by atoms with van der Waals surface area (Å²) >= 11 is 0. The number of hydrogen-bond acceptors (Lipinski definition) is 7. The number of aryl methyl sites for hydroxylation is 2. The van der Waals surface area contributed by atoms with Gasteiger partial charge in [-0.05, 0) is 61.1 Å². The Labute approximate surface area is 216 Å². The van der Waals surface area contributed by atoms with Crippen molar-refractivity contribution in [3.8, 4) is 11.5 Å². The lowest BCUT2D eigenvalue weighted by molar-refractivity contribution is -0.133. The van der Waals surface area contributed by atoms with Crippen LogP contribution in [0.5, 0.6) is 11.5 Å². The van der Waals surface area contributed by atoms with E-state index in [1.807, 2.05) is 12.1 Å². The highest BCUT2D eigenvalue weighted by Crippen LogP contribution is 2.36. The lowest BCUT2D eigenvalue weighted by Crippen LogP contribution is -2.46. The number of aromatic nitrogens is 1. The van der Waals surface area contributed by atoms with Crippen LogP contribution < -0.4 is 19.1 Å². The molecule has 3 N–H and O–H groups in total. The third-order valence-corrected chi connectivity index (χ3v) is 8.63. The summed E-state index contributed by atoms with van der Waals surface area (Å²) in [5.74, 6) is 0.265. The number of esters is 1. The fraction of sp³-hybridized carbons (Fsp3) is 0.423. The highest BCUT2D eigenvalue weighted by atomic mass is 32.2. The first-order chi connectivity index (χ1) is 17.7. The van der Waals surface area contributed by atoms with Gasteiger partial charge in [-0.2, -0.15) is 12.7 Å². The van der Waals surface area contributed by atoms with E-state index in [1.54, 1.807) is 6.07 Å². The summed E-state index contributed by atoms with van der Waals surface area (Å²) in [6.45, 7) is 0.748. The van der Waals surface area contributed by atoms with Gasteiger partial charge in [0.2, 0.25) is 0 Å². The lowest BCUT2D eigenvalue weighted by Gasteiger charge is -2.31. The Bertz CT molecular complexity index is 1420. The van der Waals surface area contributed by atoms with Crippen molar-refractivity contribution in [3.05, 3.63) is 53.2 Å². The molecule has 1 unspecified atom stereocenters. The van der Waals surface area contributed by atoms with E-state index in [1.165, 1.54) is 55.7 Å². The van der Waals surface area contributed by atoms with Crippen molar-refractivity contribution in [3.63, 3.8) is 0 Å². The summed E-state index contributed by atoms with van der Waals surface area (Å²) < 4.78 is 38.5. The first kappa shape index (κ1) is 25.5. The monoisotopic (exact) mass is 528 g/mol. The summed E-state index contributed by atoms with van der Waals surface area (Å²) in [5.41, 5.74) is 4.61. The summed E-state index contributed by atoms with van der Waals surface area (Å²) in [5, 5.41) is 15.1. The lowest BCUT2D eigenvalue weighted by atomic mass is 9.96. The average Bonchev–Trinajstić information content (AvgIpc) is 3.25. The molecule has 1 atom stereocenters. The molecule has 0 saturated heterocycles. The molecule has 37 heavy (non-hydrogen) atoms. The number of ether oxygens (including phenoxy) is 2. The number of rotatable bonds is 9. The number of aliphatic hydroxyl groups excluding tert-OH is 1. The standard InChI is InChI=1S/C26H32N4O6S/c1-29(2)37(33,34)30-16-26(32)36-25-10-7-17(13-23(25)30)24(31)15-27-11-12-35-18-8-9-20-19-5-3-4-6-21(19)28-22(20)14-18/h7-10,13-14,24,27-28,31H,3-6,11-12,15-16H2,1-2H3. The molecule has 0 saturated carbocycles. The highest BCUT2D eigenvalue weighted by Gasteiger charge is 2.34. The zero-order valence-corrected chi connectivity index (χ0v) is 21.8. The molecule has 0 amide bonds. The first-order valence-electron chi connectivity index (χ1n) is 12.4. The molecule has 0 radical (unpaired) electrons. The maximum Gasteiger partial charge on any atom is 0.332 e. The Kier molecular flexibility index (Phi) is 7.13. The molecule has 1 aliphatic heterocycles. The molecule has 0 fully saturated rings. The summed E-state index contributed by atoms with van der Waals surface area (Å²) in [6, 6.07) is 10.8. The number of carbonyl (C=O) groups is 1. The van der Waals surface area contributed by atoms with Crippen LogP contribution in [0.25, 0.3) is 10.9 Å². The zero-order chi connectivity index (χ0) is 26.2. The number of carbonyl (C=O) groups excluding carboxylic acids is 1. The normalized spacial score (nSPS) is 16.4. The Morgan fingerprint density at radius 1 is 1.19 bits per heavy atom. The Balaban J connectivity index is 1.17. The second-order valence-corrected chi connectivity index (χ2v) is 11.6. The smallest absolute Gasteiger partial charge is 0.332 e. The van der Waals surface area contributed by atoms with Gasteiger partial charge in [-0.25, -0.2) is 9.10 Å². The number of H-pyrrole nitrogens is 1. The average molecular weight is 529 g/mol. The van der Waals surface area contributed by atoms with Gasteiger partial charge < -0.3 is 24.9 Å². The predicted octanol–water partition coefficient (Wildman–Crippen LogP) is 2.28. The van der Waals surface area contributed by atoms with Crippen molar-refractivity contribution in [2.24, 2.45) is 0 Å². The van der Waals surface area contributed by atoms with Crippen LogP contribution in [0, 0.1) is 0 Å². The van der Waals surface area contributed by atoms with E-state index in [2.05, 4.69) is 16.4 Å². The van der Waals surface area contributed by atoms with Crippen LogP contribution in [0.1, 0.15) is 35.8 Å². The van der Waals surface area contributed by atoms with Crippen molar-refractivity contribution >= 4 is 32.8 Å². The molecule has 198 valence electrons. The van der Waals surface area contributed by atoms with Gasteiger partial charge in [-0.3, -0.25) is 0 Å². The predicted molar refractivity (Wildman–Crippen MR) is 140 cm³/mol. The van der Waals surface area contributed by atoms with Crippen LogP contribution >= 0.6 is 0 Å². The van der Waals surface area contributed by atoms with Crippen LogP contribution in [-0.2, 0) is 27.8 Å². The quantitative estimate of drug-likeness (QED) is 0.221. The molecule has 2 aromatic carbocycles. The number of aromatic amines is 1. The van der Waals surface area contributed by atoms with Crippen molar-refractivity contribution in [2.75, 3.05) is 44.6 Å². The number of nitrogens with one attached hydrogen (secondary N) is 2. The summed E-state index contributed by atoms with van der Waals surface area (Å²) in [7, 11) is -1.12. The Hall–Kier alpha value is -3.12. The van der Waals surface area contributed by atoms with E-state index in [9.17, 15) is 18.3 Å². The molecular formula is C26H32N4O6S. The van der Waals surface area contributed by atoms with Crippen molar-refractivity contribution < 1.29 is 27.8 Å². The first-order valence-corrected chi connectivity index (χ1v) is 13.8. The van der Waals surface area contributed by atoms with Crippen molar-refractivity contribution in [1.29, 1.82) is 0 Å².